The third-order valence-electron chi connectivity index (χ3n) is 7.84. The van der Waals surface area contributed by atoms with Gasteiger partial charge in [-0.2, -0.15) is 0 Å². The quantitative estimate of drug-likeness (QED) is 0.147. The standard InChI is InChI=1S/C31H37N2SSe.H2O4S/c1-7-23(20-30-32(9-3)26-17-21(5)22(6)18-27(26)35-30)19-29-33(10-4)31(8-2)25-14-12-11-13-24(25)15-16-28(31)34-29;1-5(2,3)4/h11-14,16-20H,7-10,15H2,1-6H3;(H2,1,2,3,4)/q+1;/p-1. The molecule has 1 unspecified atom stereocenters. The Bertz CT molecular complexity index is 1610. The molecule has 6 nitrogen and oxygen atoms in total. The molecule has 0 radical (unpaired) electrons. The molecule has 2 aromatic carbocycles. The molecular formula is C31H38N2O4S2Se. The van der Waals surface area contributed by atoms with Crippen LogP contribution in [0.25, 0.3) is 15.9 Å². The minimum absolute atomic E-state index is 0.00979. The minimum Gasteiger partial charge on any atom is -0.726 e. The van der Waals surface area contributed by atoms with Crippen molar-refractivity contribution in [1.82, 2.24) is 4.90 Å². The first-order chi connectivity index (χ1) is 19.0. The first kappa shape index (κ1) is 30.8. The van der Waals surface area contributed by atoms with Crippen molar-refractivity contribution in [3.8, 4) is 0 Å². The first-order valence-electron chi connectivity index (χ1n) is 13.7. The minimum atomic E-state index is -4.92. The van der Waals surface area contributed by atoms with Gasteiger partial charge in [0, 0.05) is 0 Å². The number of benzene rings is 2. The van der Waals surface area contributed by atoms with Gasteiger partial charge in [-0.3, -0.25) is 4.55 Å². The Kier molecular flexibility index (Phi) is 9.55. The van der Waals surface area contributed by atoms with E-state index in [2.05, 4.69) is 106 Å². The van der Waals surface area contributed by atoms with Crippen LogP contribution >= 0.6 is 11.8 Å². The van der Waals surface area contributed by atoms with Crippen molar-refractivity contribution in [3.63, 3.8) is 0 Å². The van der Waals surface area contributed by atoms with E-state index >= 15 is 0 Å². The second kappa shape index (κ2) is 12.4. The van der Waals surface area contributed by atoms with Crippen LogP contribution in [-0.2, 0) is 28.9 Å². The molecule has 0 amide bonds. The molecule has 0 saturated carbocycles. The van der Waals surface area contributed by atoms with Gasteiger partial charge in [-0.15, -0.1) is 0 Å². The third kappa shape index (κ3) is 6.05. The zero-order valence-electron chi connectivity index (χ0n) is 24.0. The largest absolute Gasteiger partial charge is 0.726 e. The Morgan fingerprint density at radius 3 is 2.48 bits per heavy atom. The van der Waals surface area contributed by atoms with Crippen LogP contribution in [0.15, 0.2) is 64.1 Å². The number of thioether (sulfide) groups is 1. The summed E-state index contributed by atoms with van der Waals surface area (Å²) in [6.07, 6.45) is 10.7. The van der Waals surface area contributed by atoms with Crippen LogP contribution in [0.1, 0.15) is 67.4 Å². The summed E-state index contributed by atoms with van der Waals surface area (Å²) < 4.78 is 38.4. The fraction of sp³-hybridized carbons (Fsp3) is 0.387. The number of rotatable bonds is 6. The molecule has 40 heavy (non-hydrogen) atoms. The average Bonchev–Trinajstić information content (AvgIpc) is 3.41. The summed E-state index contributed by atoms with van der Waals surface area (Å²) in [5.41, 5.74) is 8.64. The van der Waals surface area contributed by atoms with Crippen LogP contribution in [0.4, 0.5) is 0 Å². The molecule has 1 N–H and O–H groups in total. The number of allylic oxidation sites excluding steroid dienone is 3. The van der Waals surface area contributed by atoms with Crippen molar-refractivity contribution in [3.05, 3.63) is 90.9 Å². The van der Waals surface area contributed by atoms with Crippen LogP contribution in [0.3, 0.4) is 0 Å². The molecule has 3 aromatic rings. The van der Waals surface area contributed by atoms with Gasteiger partial charge in [0.1, 0.15) is 0 Å². The molecule has 2 aliphatic rings. The Hall–Kier alpha value is -2.13. The molecular weight excluding hydrogens is 607 g/mol. The maximum atomic E-state index is 8.63. The summed E-state index contributed by atoms with van der Waals surface area (Å²) >= 11 is 2.36. The molecule has 1 saturated heterocycles. The monoisotopic (exact) mass is 646 g/mol. The van der Waals surface area contributed by atoms with Gasteiger partial charge in [0.05, 0.1) is 0 Å². The summed E-state index contributed by atoms with van der Waals surface area (Å²) in [4.78, 5) is 4.20. The number of aromatic nitrogens is 1. The second-order valence-corrected chi connectivity index (χ2v) is 14.2. The molecule has 9 heteroatoms. The molecule has 1 aliphatic carbocycles. The fourth-order valence-electron chi connectivity index (χ4n) is 5.81. The Balaban J connectivity index is 0.000000681. The molecule has 214 valence electrons. The van der Waals surface area contributed by atoms with Crippen molar-refractivity contribution in [2.45, 2.75) is 72.9 Å². The van der Waals surface area contributed by atoms with E-state index < -0.39 is 10.4 Å². The van der Waals surface area contributed by atoms with Crippen LogP contribution in [0, 0.1) is 13.8 Å². The molecule has 1 aromatic heterocycles. The average molecular weight is 646 g/mol. The molecule has 2 heterocycles. The van der Waals surface area contributed by atoms with E-state index in [0.29, 0.717) is 14.5 Å². The van der Waals surface area contributed by atoms with Gasteiger partial charge < -0.3 is 4.55 Å². The SMILES string of the molecule is CCC(/C=C1\SC2=CCc3ccccc3C2(CC)N1CC)=C\c1[se]c2cc(C)c(C)cc2[n+]1CC.O=S(=O)([O-])O. The number of fused-ring (bicyclic) bond motifs is 4. The number of aryl methyl sites for hydroxylation is 3. The Morgan fingerprint density at radius 1 is 1.18 bits per heavy atom. The van der Waals surface area contributed by atoms with Gasteiger partial charge in [0.2, 0.25) is 10.4 Å². The molecule has 1 atom stereocenters. The molecule has 0 bridgehead atoms. The summed E-state index contributed by atoms with van der Waals surface area (Å²) in [5, 5.41) is 1.41. The Morgan fingerprint density at radius 2 is 1.85 bits per heavy atom. The summed E-state index contributed by atoms with van der Waals surface area (Å²) in [6, 6.07) is 13.9. The van der Waals surface area contributed by atoms with Gasteiger partial charge in [-0.1, -0.05) is 0 Å². The van der Waals surface area contributed by atoms with Crippen LogP contribution in [0.2, 0.25) is 0 Å². The second-order valence-electron chi connectivity index (χ2n) is 10.1. The van der Waals surface area contributed by atoms with Crippen LogP contribution in [-0.4, -0.2) is 43.5 Å². The first-order valence-corrected chi connectivity index (χ1v) is 17.6. The predicted octanol–water partition coefficient (Wildman–Crippen LogP) is 6.27. The van der Waals surface area contributed by atoms with Gasteiger partial charge in [0.25, 0.3) is 0 Å². The van der Waals surface area contributed by atoms with Crippen LogP contribution < -0.4 is 4.57 Å². The van der Waals surface area contributed by atoms with Gasteiger partial charge in [0.15, 0.2) is 0 Å². The van der Waals surface area contributed by atoms with Crippen molar-refractivity contribution < 1.29 is 22.1 Å². The van der Waals surface area contributed by atoms with E-state index in [0.717, 1.165) is 32.4 Å². The summed E-state index contributed by atoms with van der Waals surface area (Å²) in [7, 11) is -4.92. The fourth-order valence-corrected chi connectivity index (χ4v) is 10.0. The maximum absolute atomic E-state index is 8.63. The van der Waals surface area contributed by atoms with E-state index in [1.165, 1.54) is 52.1 Å². The van der Waals surface area contributed by atoms with Crippen molar-refractivity contribution in [2.24, 2.45) is 0 Å². The normalized spacial score (nSPS) is 19.8. The van der Waals surface area contributed by atoms with Crippen molar-refractivity contribution >= 4 is 52.5 Å². The topological polar surface area (TPSA) is 84.6 Å². The number of likely N-dealkylation sites (N-methyl/N-ethyl adjacent to an activating group) is 1. The molecule has 1 aliphatic heterocycles. The van der Waals surface area contributed by atoms with E-state index in [4.69, 9.17) is 17.5 Å². The molecule has 1 fully saturated rings. The third-order valence-corrected chi connectivity index (χ3v) is 11.4. The van der Waals surface area contributed by atoms with E-state index in [1.807, 2.05) is 11.8 Å². The smallest absolute Gasteiger partial charge is 0.215 e. The number of hydrogen-bond acceptors (Lipinski definition) is 5. The zero-order chi connectivity index (χ0) is 29.2. The van der Waals surface area contributed by atoms with E-state index in [1.54, 1.807) is 0 Å². The molecule has 5 rings (SSSR count). The van der Waals surface area contributed by atoms with Gasteiger partial charge in [-0.05, 0) is 0 Å². The Labute approximate surface area is 248 Å². The van der Waals surface area contributed by atoms with Crippen molar-refractivity contribution in [1.29, 1.82) is 0 Å². The summed E-state index contributed by atoms with van der Waals surface area (Å²) in [5.74, 6) is 0. The zero-order valence-corrected chi connectivity index (χ0v) is 27.4. The number of nitrogens with zero attached hydrogens (tertiary/aromatic N) is 2. The van der Waals surface area contributed by atoms with E-state index in [9.17, 15) is 0 Å². The summed E-state index contributed by atoms with van der Waals surface area (Å²) in [6.45, 7) is 15.8. The van der Waals surface area contributed by atoms with Gasteiger partial charge >= 0.3 is 222 Å². The van der Waals surface area contributed by atoms with E-state index in [-0.39, 0.29) is 5.54 Å². The predicted molar refractivity (Wildman–Crippen MR) is 165 cm³/mol. The van der Waals surface area contributed by atoms with Crippen molar-refractivity contribution in [2.75, 3.05) is 6.54 Å². The maximum Gasteiger partial charge on any atom is 0.215 e. The number of hydrogen-bond donors (Lipinski definition) is 1. The van der Waals surface area contributed by atoms with Crippen LogP contribution in [0.5, 0.6) is 0 Å². The molecule has 0 spiro atoms. The van der Waals surface area contributed by atoms with Gasteiger partial charge in [-0.25, -0.2) is 8.42 Å².